The summed E-state index contributed by atoms with van der Waals surface area (Å²) in [7, 11) is 0. The molecule has 8 nitrogen and oxygen atoms in total. The van der Waals surface area contributed by atoms with Gasteiger partial charge in [-0.25, -0.2) is 4.79 Å². The summed E-state index contributed by atoms with van der Waals surface area (Å²) in [5, 5.41) is 0.213. The van der Waals surface area contributed by atoms with Crippen LogP contribution in [0.25, 0.3) is 10.9 Å². The van der Waals surface area contributed by atoms with Gasteiger partial charge in [-0.1, -0.05) is 36.4 Å². The molecule has 0 bridgehead atoms. The van der Waals surface area contributed by atoms with Crippen molar-refractivity contribution in [2.45, 2.75) is 64.3 Å². The van der Waals surface area contributed by atoms with Crippen LogP contribution in [0, 0.1) is 5.41 Å². The number of rotatable bonds is 4. The molecule has 6 rings (SSSR count). The molecule has 1 aromatic heterocycles. The highest BCUT2D eigenvalue weighted by atomic mass is 19.4. The van der Waals surface area contributed by atoms with E-state index in [2.05, 4.69) is 46.7 Å². The summed E-state index contributed by atoms with van der Waals surface area (Å²) in [6.45, 7) is 7.63. The minimum Gasteiger partial charge on any atom is -0.487 e. The van der Waals surface area contributed by atoms with Crippen LogP contribution >= 0.6 is 0 Å². The minimum absolute atomic E-state index is 0.0617. The molecule has 4 heterocycles. The van der Waals surface area contributed by atoms with E-state index in [1.807, 2.05) is 0 Å². The van der Waals surface area contributed by atoms with Gasteiger partial charge < -0.3 is 19.4 Å². The summed E-state index contributed by atoms with van der Waals surface area (Å²) in [6, 6.07) is 12.6. The number of nitrogens with one attached hydrogen (secondary N) is 1. The second-order valence-electron chi connectivity index (χ2n) is 12.6. The summed E-state index contributed by atoms with van der Waals surface area (Å²) >= 11 is 0. The van der Waals surface area contributed by atoms with Gasteiger partial charge in [-0.3, -0.25) is 14.5 Å². The van der Waals surface area contributed by atoms with Crippen molar-refractivity contribution in [1.82, 2.24) is 14.8 Å². The molecule has 2 fully saturated rings. The number of benzene rings is 2. The monoisotopic (exact) mass is 597 g/mol. The van der Waals surface area contributed by atoms with Gasteiger partial charge in [-0.2, -0.15) is 13.2 Å². The van der Waals surface area contributed by atoms with Crippen LogP contribution in [0.5, 0.6) is 11.5 Å². The largest absolute Gasteiger partial charge is 0.491 e. The van der Waals surface area contributed by atoms with Crippen LogP contribution in [0.3, 0.4) is 0 Å². The molecule has 0 radical (unpaired) electrons. The van der Waals surface area contributed by atoms with Crippen molar-refractivity contribution in [1.29, 1.82) is 0 Å². The van der Waals surface area contributed by atoms with E-state index < -0.39 is 29.4 Å². The number of ether oxygens (including phenoxy) is 2. The zero-order valence-electron chi connectivity index (χ0n) is 24.2. The Morgan fingerprint density at radius 2 is 1.65 bits per heavy atom. The third kappa shape index (κ3) is 5.74. The lowest BCUT2D eigenvalue weighted by molar-refractivity contribution is -0.189. The molecule has 0 saturated carbocycles. The summed E-state index contributed by atoms with van der Waals surface area (Å²) in [6.07, 6.45) is -1.01. The lowest BCUT2D eigenvalue weighted by Gasteiger charge is -2.47. The van der Waals surface area contributed by atoms with Crippen molar-refractivity contribution >= 4 is 22.8 Å². The van der Waals surface area contributed by atoms with Crippen molar-refractivity contribution in [3.05, 3.63) is 69.5 Å². The maximum absolute atomic E-state index is 13.8. The van der Waals surface area contributed by atoms with Crippen LogP contribution in [0.4, 0.5) is 13.2 Å². The first-order chi connectivity index (χ1) is 20.3. The lowest BCUT2D eigenvalue weighted by Crippen LogP contribution is -2.48. The summed E-state index contributed by atoms with van der Waals surface area (Å²) in [5.74, 6) is -3.10. The maximum Gasteiger partial charge on any atom is 0.491 e. The van der Waals surface area contributed by atoms with Crippen LogP contribution in [0.15, 0.2) is 47.3 Å². The summed E-state index contributed by atoms with van der Waals surface area (Å²) < 4.78 is 49.8. The van der Waals surface area contributed by atoms with E-state index >= 15 is 0 Å². The van der Waals surface area contributed by atoms with Crippen molar-refractivity contribution in [3.8, 4) is 11.5 Å². The first kappa shape index (κ1) is 29.2. The molecular formula is C32H34F3N3O5. The highest BCUT2D eigenvalue weighted by Crippen LogP contribution is 2.43. The maximum atomic E-state index is 13.8. The highest BCUT2D eigenvalue weighted by molar-refractivity contribution is 6.09. The van der Waals surface area contributed by atoms with Crippen LogP contribution in [0.2, 0.25) is 0 Å². The molecule has 0 aliphatic carbocycles. The van der Waals surface area contributed by atoms with Crippen molar-refractivity contribution in [2.75, 3.05) is 26.2 Å². The molecule has 3 aliphatic rings. The highest BCUT2D eigenvalue weighted by Gasteiger charge is 2.44. The Morgan fingerprint density at radius 3 is 2.35 bits per heavy atom. The number of alkyl halides is 3. The molecule has 43 heavy (non-hydrogen) atoms. The number of likely N-dealkylation sites (tertiary alicyclic amines) is 2. The van der Waals surface area contributed by atoms with Crippen LogP contribution in [-0.2, 0) is 17.8 Å². The Hall–Kier alpha value is -3.86. The third-order valence-corrected chi connectivity index (χ3v) is 9.11. The molecule has 0 unspecified atom stereocenters. The Kier molecular flexibility index (Phi) is 7.27. The van der Waals surface area contributed by atoms with Gasteiger partial charge in [-0.05, 0) is 69.7 Å². The number of aromatic nitrogens is 1. The normalized spacial score (nSPS) is 19.7. The van der Waals surface area contributed by atoms with Crippen LogP contribution in [0.1, 0.15) is 61.0 Å². The van der Waals surface area contributed by atoms with Gasteiger partial charge in [-0.15, -0.1) is 0 Å². The van der Waals surface area contributed by atoms with Crippen molar-refractivity contribution in [3.63, 3.8) is 0 Å². The molecule has 228 valence electrons. The number of H-pyrrole nitrogens is 1. The fourth-order valence-corrected chi connectivity index (χ4v) is 6.76. The van der Waals surface area contributed by atoms with Gasteiger partial charge >= 0.3 is 12.1 Å². The molecule has 2 aromatic carbocycles. The average Bonchev–Trinajstić information content (AvgIpc) is 3.29. The molecule has 3 aliphatic heterocycles. The number of para-hydroxylation sites is 2. The van der Waals surface area contributed by atoms with E-state index in [0.717, 1.165) is 57.5 Å². The second-order valence-corrected chi connectivity index (χ2v) is 12.6. The van der Waals surface area contributed by atoms with E-state index in [0.29, 0.717) is 13.1 Å². The number of hydrogen-bond donors (Lipinski definition) is 1. The Labute approximate surface area is 246 Å². The smallest absolute Gasteiger partial charge is 0.487 e. The standard InChI is InChI=1S/C32H34F3N3O5/c1-30(2)18-20-6-5-7-21(25(20)43-30)19-37-14-10-31(11-15-37)12-16-38(17-13-31)28(40)24-22-8-3-4-9-23(22)36-27(39)26(24)42-29(41)32(33,34)35/h3-9H,10-19H2,1-2H3,(H,36,39). The minimum atomic E-state index is -5.32. The molecule has 3 aromatic rings. The van der Waals surface area contributed by atoms with E-state index in [1.54, 1.807) is 23.1 Å². The SMILES string of the molecule is CC1(C)Cc2cccc(CN3CCC4(CC3)CCN(C(=O)c3c(OC(=O)C(F)(F)F)c(=O)[nH]c5ccccc35)CC4)c2O1. The number of pyridine rings is 1. The summed E-state index contributed by atoms with van der Waals surface area (Å²) in [4.78, 5) is 44.6. The van der Waals surface area contributed by atoms with E-state index in [1.165, 1.54) is 17.2 Å². The Bertz CT molecular complexity index is 1630. The van der Waals surface area contributed by atoms with Crippen LogP contribution in [-0.4, -0.2) is 64.6 Å². The van der Waals surface area contributed by atoms with Crippen LogP contribution < -0.4 is 15.0 Å². The molecular weight excluding hydrogens is 563 g/mol. The molecule has 1 spiro atoms. The van der Waals surface area contributed by atoms with Gasteiger partial charge in [0.05, 0.1) is 5.56 Å². The number of piperidine rings is 2. The molecule has 2 saturated heterocycles. The molecule has 1 N–H and O–H groups in total. The average molecular weight is 598 g/mol. The second kappa shape index (κ2) is 10.7. The number of aromatic amines is 1. The van der Waals surface area contributed by atoms with Crippen molar-refractivity contribution < 1.29 is 32.2 Å². The van der Waals surface area contributed by atoms with Gasteiger partial charge in [0, 0.05) is 42.5 Å². The number of carbonyl (C=O) groups excluding carboxylic acids is 2. The zero-order chi connectivity index (χ0) is 30.6. The fourth-order valence-electron chi connectivity index (χ4n) is 6.76. The van der Waals surface area contributed by atoms with E-state index in [4.69, 9.17) is 4.74 Å². The zero-order valence-corrected chi connectivity index (χ0v) is 24.2. The van der Waals surface area contributed by atoms with Crippen molar-refractivity contribution in [2.24, 2.45) is 5.41 Å². The number of hydrogen-bond acceptors (Lipinski definition) is 6. The topological polar surface area (TPSA) is 91.9 Å². The number of carbonyl (C=O) groups is 2. The quantitative estimate of drug-likeness (QED) is 0.415. The van der Waals surface area contributed by atoms with E-state index in [-0.39, 0.29) is 27.5 Å². The number of halogens is 3. The summed E-state index contributed by atoms with van der Waals surface area (Å²) in [5.41, 5.74) is 1.18. The first-order valence-corrected chi connectivity index (χ1v) is 14.6. The van der Waals surface area contributed by atoms with Gasteiger partial charge in [0.25, 0.3) is 11.5 Å². The number of nitrogens with zero attached hydrogens (tertiary/aromatic N) is 2. The molecule has 1 amide bonds. The lowest BCUT2D eigenvalue weighted by atomic mass is 9.71. The van der Waals surface area contributed by atoms with Gasteiger partial charge in [0.2, 0.25) is 5.75 Å². The van der Waals surface area contributed by atoms with Gasteiger partial charge in [0.1, 0.15) is 11.4 Å². The molecule has 11 heteroatoms. The Balaban J connectivity index is 1.14. The third-order valence-electron chi connectivity index (χ3n) is 9.11. The number of fused-ring (bicyclic) bond motifs is 2. The number of amides is 1. The van der Waals surface area contributed by atoms with E-state index in [9.17, 15) is 27.6 Å². The number of esters is 1. The molecule has 0 atom stereocenters. The predicted molar refractivity (Wildman–Crippen MR) is 153 cm³/mol. The predicted octanol–water partition coefficient (Wildman–Crippen LogP) is 5.23. The first-order valence-electron chi connectivity index (χ1n) is 14.6. The fraction of sp³-hybridized carbons (Fsp3) is 0.469. The Morgan fingerprint density at radius 1 is 0.977 bits per heavy atom. The van der Waals surface area contributed by atoms with Gasteiger partial charge in [0.15, 0.2) is 0 Å².